The van der Waals surface area contributed by atoms with Crippen LogP contribution < -0.4 is 0 Å². The molecule has 242 valence electrons. The number of hydrogen-bond acceptors (Lipinski definition) is 3. The van der Waals surface area contributed by atoms with Crippen LogP contribution in [0.5, 0.6) is 0 Å². The van der Waals surface area contributed by atoms with Crippen LogP contribution in [0.4, 0.5) is 0 Å². The molecule has 3 nitrogen and oxygen atoms in total. The summed E-state index contributed by atoms with van der Waals surface area (Å²) in [7, 11) is 0. The molecule has 0 amide bonds. The molecule has 3 heteroatoms. The van der Waals surface area contributed by atoms with Crippen LogP contribution in [0.1, 0.15) is 0 Å². The van der Waals surface area contributed by atoms with Crippen LogP contribution in [0.15, 0.2) is 188 Å². The summed E-state index contributed by atoms with van der Waals surface area (Å²) in [5.41, 5.74) is 13.5. The fourth-order valence-electron chi connectivity index (χ4n) is 7.47. The highest BCUT2D eigenvalue weighted by atomic mass is 14.8. The highest BCUT2D eigenvalue weighted by molar-refractivity contribution is 6.17. The maximum absolute atomic E-state index is 5.35. The summed E-state index contributed by atoms with van der Waals surface area (Å²) in [4.78, 5) is 15.7. The van der Waals surface area contributed by atoms with Gasteiger partial charge in [0, 0.05) is 43.6 Å². The van der Waals surface area contributed by atoms with E-state index in [-0.39, 0.29) is 0 Å². The minimum Gasteiger partial charge on any atom is -0.247 e. The number of benzene rings is 7. The molecular formula is C49H31N3. The molecule has 7 aromatic carbocycles. The molecule has 0 spiro atoms. The number of aromatic nitrogens is 3. The lowest BCUT2D eigenvalue weighted by Crippen LogP contribution is -1.93. The van der Waals surface area contributed by atoms with E-state index in [4.69, 9.17) is 15.0 Å². The molecule has 0 saturated carbocycles. The van der Waals surface area contributed by atoms with Gasteiger partial charge in [0.15, 0.2) is 0 Å². The van der Waals surface area contributed by atoms with Gasteiger partial charge in [0.2, 0.25) is 0 Å². The molecule has 3 heterocycles. The van der Waals surface area contributed by atoms with Crippen molar-refractivity contribution >= 4 is 43.5 Å². The third kappa shape index (κ3) is 5.19. The second-order valence-electron chi connectivity index (χ2n) is 13.2. The van der Waals surface area contributed by atoms with E-state index in [0.717, 1.165) is 83.0 Å². The molecule has 0 aliphatic heterocycles. The average Bonchev–Trinajstić information content (AvgIpc) is 3.23. The van der Waals surface area contributed by atoms with E-state index in [1.54, 1.807) is 0 Å². The van der Waals surface area contributed by atoms with E-state index < -0.39 is 0 Å². The van der Waals surface area contributed by atoms with Crippen LogP contribution in [0, 0.1) is 0 Å². The second-order valence-corrected chi connectivity index (χ2v) is 13.2. The first kappa shape index (κ1) is 29.9. The van der Waals surface area contributed by atoms with Crippen molar-refractivity contribution in [2.45, 2.75) is 0 Å². The molecule has 0 aliphatic rings. The van der Waals surface area contributed by atoms with Crippen LogP contribution >= 0.6 is 0 Å². The van der Waals surface area contributed by atoms with Crippen molar-refractivity contribution in [1.29, 1.82) is 0 Å². The molecule has 10 aromatic rings. The SMILES string of the molecule is c1ccc(-c2ccc3ccc4ccc(-c5cccc(-c6ccc7c(c6)nc(-c6ccccc6)c6cccc(-c8ccccc8)c67)c5)nc4c3n2)cc1. The van der Waals surface area contributed by atoms with E-state index in [1.165, 1.54) is 16.5 Å². The third-order valence-electron chi connectivity index (χ3n) is 10.0. The fraction of sp³-hybridized carbons (Fsp3) is 0. The third-order valence-corrected chi connectivity index (χ3v) is 10.0. The van der Waals surface area contributed by atoms with Gasteiger partial charge in [-0.15, -0.1) is 0 Å². The Balaban J connectivity index is 1.11. The van der Waals surface area contributed by atoms with Crippen molar-refractivity contribution < 1.29 is 0 Å². The zero-order chi connectivity index (χ0) is 34.4. The van der Waals surface area contributed by atoms with Crippen molar-refractivity contribution in [3.63, 3.8) is 0 Å². The van der Waals surface area contributed by atoms with Crippen LogP contribution in [0.3, 0.4) is 0 Å². The standard InChI is InChI=1S/C49H31N3/c1-4-12-32(13-5-1)40-20-11-21-42-46(40)41-27-24-38(31-45(41)52-47(42)34-16-8-3-9-17-34)37-18-10-19-39(30-37)44-29-26-36-23-22-35-25-28-43(33-14-6-2-7-15-33)50-48(35)49(36)51-44/h1-31H. The maximum atomic E-state index is 5.35. The number of rotatable bonds is 5. The lowest BCUT2D eigenvalue weighted by molar-refractivity contribution is 1.36. The van der Waals surface area contributed by atoms with Gasteiger partial charge >= 0.3 is 0 Å². The van der Waals surface area contributed by atoms with Gasteiger partial charge in [-0.2, -0.15) is 0 Å². The predicted octanol–water partition coefficient (Wildman–Crippen LogP) is 12.8. The molecule has 10 rings (SSSR count). The highest BCUT2D eigenvalue weighted by Crippen LogP contribution is 2.40. The Morgan fingerprint density at radius 3 is 1.54 bits per heavy atom. The smallest absolute Gasteiger partial charge is 0.0972 e. The van der Waals surface area contributed by atoms with Crippen molar-refractivity contribution in [1.82, 2.24) is 15.0 Å². The summed E-state index contributed by atoms with van der Waals surface area (Å²) >= 11 is 0. The Bertz CT molecular complexity index is 2940. The van der Waals surface area contributed by atoms with Crippen LogP contribution in [0.25, 0.3) is 99.5 Å². The number of nitrogens with zero attached hydrogens (tertiary/aromatic N) is 3. The van der Waals surface area contributed by atoms with Crippen molar-refractivity contribution in [2.24, 2.45) is 0 Å². The van der Waals surface area contributed by atoms with Gasteiger partial charge < -0.3 is 0 Å². The van der Waals surface area contributed by atoms with Gasteiger partial charge in [0.1, 0.15) is 0 Å². The molecule has 0 fully saturated rings. The lowest BCUT2D eigenvalue weighted by Gasteiger charge is -2.15. The Labute approximate surface area is 301 Å². The van der Waals surface area contributed by atoms with E-state index >= 15 is 0 Å². The first-order valence-corrected chi connectivity index (χ1v) is 17.6. The maximum Gasteiger partial charge on any atom is 0.0972 e. The predicted molar refractivity (Wildman–Crippen MR) is 217 cm³/mol. The summed E-state index contributed by atoms with van der Waals surface area (Å²) in [5.74, 6) is 0. The molecule has 0 atom stereocenters. The molecule has 0 saturated heterocycles. The molecule has 0 aliphatic carbocycles. The van der Waals surface area contributed by atoms with Gasteiger partial charge in [0.25, 0.3) is 0 Å². The molecule has 0 radical (unpaired) electrons. The van der Waals surface area contributed by atoms with Crippen molar-refractivity contribution in [3.8, 4) is 56.0 Å². The van der Waals surface area contributed by atoms with Crippen molar-refractivity contribution in [2.75, 3.05) is 0 Å². The molecule has 0 bridgehead atoms. The zero-order valence-electron chi connectivity index (χ0n) is 28.2. The largest absolute Gasteiger partial charge is 0.247 e. The van der Waals surface area contributed by atoms with Crippen molar-refractivity contribution in [3.05, 3.63) is 188 Å². The van der Waals surface area contributed by atoms with E-state index in [1.807, 2.05) is 18.2 Å². The zero-order valence-corrected chi connectivity index (χ0v) is 28.2. The van der Waals surface area contributed by atoms with Gasteiger partial charge in [-0.1, -0.05) is 164 Å². The number of pyridine rings is 3. The normalized spacial score (nSPS) is 11.5. The summed E-state index contributed by atoms with van der Waals surface area (Å²) in [6.45, 7) is 0. The van der Waals surface area contributed by atoms with Gasteiger partial charge in [0.05, 0.1) is 33.6 Å². The van der Waals surface area contributed by atoms with E-state index in [0.29, 0.717) is 0 Å². The minimum atomic E-state index is 0.905. The minimum absolute atomic E-state index is 0.905. The molecule has 52 heavy (non-hydrogen) atoms. The highest BCUT2D eigenvalue weighted by Gasteiger charge is 2.16. The molecule has 0 unspecified atom stereocenters. The summed E-state index contributed by atoms with van der Waals surface area (Å²) in [6, 6.07) is 66.2. The van der Waals surface area contributed by atoms with E-state index in [9.17, 15) is 0 Å². The average molecular weight is 662 g/mol. The first-order chi connectivity index (χ1) is 25.8. The summed E-state index contributed by atoms with van der Waals surface area (Å²) in [5, 5.41) is 5.65. The number of fused-ring (bicyclic) bond motifs is 6. The topological polar surface area (TPSA) is 38.7 Å². The molecular weight excluding hydrogens is 631 g/mol. The lowest BCUT2D eigenvalue weighted by atomic mass is 9.92. The Hall–Kier alpha value is -6.97. The molecule has 3 aromatic heterocycles. The fourth-order valence-corrected chi connectivity index (χ4v) is 7.47. The summed E-state index contributed by atoms with van der Waals surface area (Å²) in [6.07, 6.45) is 0. The van der Waals surface area contributed by atoms with Gasteiger partial charge in [-0.05, 0) is 46.5 Å². The van der Waals surface area contributed by atoms with Crippen LogP contribution in [-0.2, 0) is 0 Å². The van der Waals surface area contributed by atoms with Crippen LogP contribution in [-0.4, -0.2) is 15.0 Å². The monoisotopic (exact) mass is 661 g/mol. The van der Waals surface area contributed by atoms with E-state index in [2.05, 4.69) is 170 Å². The van der Waals surface area contributed by atoms with Gasteiger partial charge in [-0.3, -0.25) is 0 Å². The Kier molecular flexibility index (Phi) is 7.14. The van der Waals surface area contributed by atoms with Crippen LogP contribution in [0.2, 0.25) is 0 Å². The Morgan fingerprint density at radius 1 is 0.308 bits per heavy atom. The summed E-state index contributed by atoms with van der Waals surface area (Å²) < 4.78 is 0. The molecule has 0 N–H and O–H groups in total. The number of hydrogen-bond donors (Lipinski definition) is 0. The quantitative estimate of drug-likeness (QED) is 0.172. The second kappa shape index (κ2) is 12.4. The van der Waals surface area contributed by atoms with Gasteiger partial charge in [-0.25, -0.2) is 15.0 Å². The first-order valence-electron chi connectivity index (χ1n) is 17.6. The Morgan fingerprint density at radius 2 is 0.846 bits per heavy atom.